The SMILES string of the molecule is CCc1ccc([C@H](C)NC(=O)c2cc(S(=O)(=O)N3CCCC3)ccc2OC)cc1. The zero-order valence-electron chi connectivity index (χ0n) is 17.1. The summed E-state index contributed by atoms with van der Waals surface area (Å²) in [5.41, 5.74) is 2.42. The maximum absolute atomic E-state index is 12.9. The lowest BCUT2D eigenvalue weighted by Crippen LogP contribution is -2.29. The first-order chi connectivity index (χ1) is 13.9. The van der Waals surface area contributed by atoms with E-state index in [1.807, 2.05) is 31.2 Å². The van der Waals surface area contributed by atoms with Gasteiger partial charge in [-0.2, -0.15) is 4.31 Å². The van der Waals surface area contributed by atoms with Crippen LogP contribution in [0.2, 0.25) is 0 Å². The van der Waals surface area contributed by atoms with Crippen LogP contribution in [0, 0.1) is 0 Å². The Hall–Kier alpha value is -2.38. The van der Waals surface area contributed by atoms with E-state index in [4.69, 9.17) is 4.74 Å². The van der Waals surface area contributed by atoms with Crippen LogP contribution in [-0.2, 0) is 16.4 Å². The molecule has 1 amide bonds. The lowest BCUT2D eigenvalue weighted by Gasteiger charge is -2.19. The lowest BCUT2D eigenvalue weighted by molar-refractivity contribution is 0.0936. The monoisotopic (exact) mass is 416 g/mol. The number of rotatable bonds is 7. The second-order valence-electron chi connectivity index (χ2n) is 7.26. The van der Waals surface area contributed by atoms with Crippen molar-refractivity contribution in [2.75, 3.05) is 20.2 Å². The van der Waals surface area contributed by atoms with Gasteiger partial charge in [0, 0.05) is 13.1 Å². The van der Waals surface area contributed by atoms with Crippen LogP contribution in [0.25, 0.3) is 0 Å². The van der Waals surface area contributed by atoms with Gasteiger partial charge in [0.1, 0.15) is 5.75 Å². The second-order valence-corrected chi connectivity index (χ2v) is 9.20. The molecule has 3 rings (SSSR count). The molecule has 7 heteroatoms. The van der Waals surface area contributed by atoms with Crippen molar-refractivity contribution in [2.45, 2.75) is 44.0 Å². The van der Waals surface area contributed by atoms with Crippen molar-refractivity contribution in [3.8, 4) is 5.75 Å². The fourth-order valence-corrected chi connectivity index (χ4v) is 5.05. The Balaban J connectivity index is 1.84. The van der Waals surface area contributed by atoms with E-state index in [2.05, 4.69) is 12.2 Å². The fraction of sp³-hybridized carbons (Fsp3) is 0.409. The molecule has 156 valence electrons. The first kappa shape index (κ1) is 21.3. The molecule has 0 spiro atoms. The average molecular weight is 417 g/mol. The molecule has 2 aromatic rings. The third-order valence-corrected chi connectivity index (χ3v) is 7.25. The van der Waals surface area contributed by atoms with Gasteiger partial charge in [0.2, 0.25) is 10.0 Å². The van der Waals surface area contributed by atoms with Crippen molar-refractivity contribution in [3.63, 3.8) is 0 Å². The van der Waals surface area contributed by atoms with E-state index in [-0.39, 0.29) is 22.4 Å². The molecule has 1 saturated heterocycles. The molecule has 1 aliphatic rings. The highest BCUT2D eigenvalue weighted by Crippen LogP contribution is 2.27. The van der Waals surface area contributed by atoms with E-state index >= 15 is 0 Å². The minimum Gasteiger partial charge on any atom is -0.496 e. The molecule has 6 nitrogen and oxygen atoms in total. The number of carbonyl (C=O) groups is 1. The molecule has 0 aromatic heterocycles. The number of hydrogen-bond donors (Lipinski definition) is 1. The molecule has 2 aromatic carbocycles. The summed E-state index contributed by atoms with van der Waals surface area (Å²) in [5, 5.41) is 2.95. The Morgan fingerprint density at radius 3 is 2.38 bits per heavy atom. The highest BCUT2D eigenvalue weighted by molar-refractivity contribution is 7.89. The van der Waals surface area contributed by atoms with Crippen LogP contribution in [0.5, 0.6) is 5.75 Å². The molecule has 1 aliphatic heterocycles. The van der Waals surface area contributed by atoms with Crippen molar-refractivity contribution < 1.29 is 17.9 Å². The topological polar surface area (TPSA) is 75.7 Å². The van der Waals surface area contributed by atoms with Crippen molar-refractivity contribution in [3.05, 3.63) is 59.2 Å². The summed E-state index contributed by atoms with van der Waals surface area (Å²) in [5.74, 6) is -0.0243. The quantitative estimate of drug-likeness (QED) is 0.749. The summed E-state index contributed by atoms with van der Waals surface area (Å²) in [7, 11) is -2.14. The fourth-order valence-electron chi connectivity index (χ4n) is 3.50. The molecule has 29 heavy (non-hydrogen) atoms. The Morgan fingerprint density at radius 2 is 1.79 bits per heavy atom. The van der Waals surface area contributed by atoms with Gasteiger partial charge < -0.3 is 10.1 Å². The number of nitrogens with zero attached hydrogens (tertiary/aromatic N) is 1. The number of carbonyl (C=O) groups excluding carboxylic acids is 1. The summed E-state index contributed by atoms with van der Waals surface area (Å²) in [6.07, 6.45) is 2.67. The maximum Gasteiger partial charge on any atom is 0.255 e. The van der Waals surface area contributed by atoms with Crippen LogP contribution < -0.4 is 10.1 Å². The van der Waals surface area contributed by atoms with E-state index in [1.54, 1.807) is 6.07 Å². The molecule has 0 radical (unpaired) electrons. The van der Waals surface area contributed by atoms with E-state index in [9.17, 15) is 13.2 Å². The van der Waals surface area contributed by atoms with Gasteiger partial charge in [-0.25, -0.2) is 8.42 Å². The largest absolute Gasteiger partial charge is 0.496 e. The average Bonchev–Trinajstić information content (AvgIpc) is 3.29. The van der Waals surface area contributed by atoms with Gasteiger partial charge >= 0.3 is 0 Å². The lowest BCUT2D eigenvalue weighted by atomic mass is 10.0. The van der Waals surface area contributed by atoms with Crippen molar-refractivity contribution in [1.82, 2.24) is 9.62 Å². The van der Waals surface area contributed by atoms with Crippen LogP contribution in [0.15, 0.2) is 47.4 Å². The van der Waals surface area contributed by atoms with Gasteiger partial charge in [-0.3, -0.25) is 4.79 Å². The Morgan fingerprint density at radius 1 is 1.14 bits per heavy atom. The summed E-state index contributed by atoms with van der Waals surface area (Å²) in [6.45, 7) is 5.02. The van der Waals surface area contributed by atoms with E-state index in [1.165, 1.54) is 29.1 Å². The van der Waals surface area contributed by atoms with Crippen molar-refractivity contribution >= 4 is 15.9 Å². The summed E-state index contributed by atoms with van der Waals surface area (Å²) in [6, 6.07) is 12.3. The predicted octanol–water partition coefficient (Wildman–Crippen LogP) is 3.53. The van der Waals surface area contributed by atoms with Gasteiger partial charge in [0.05, 0.1) is 23.6 Å². The molecule has 1 fully saturated rings. The highest BCUT2D eigenvalue weighted by Gasteiger charge is 2.28. The number of benzene rings is 2. The number of hydrogen-bond acceptors (Lipinski definition) is 4. The normalized spacial score (nSPS) is 15.8. The van der Waals surface area contributed by atoms with Gasteiger partial charge in [-0.1, -0.05) is 31.2 Å². The Labute approximate surface area is 172 Å². The van der Waals surface area contributed by atoms with Gasteiger partial charge in [0.15, 0.2) is 0 Å². The molecule has 1 atom stereocenters. The number of sulfonamides is 1. The first-order valence-electron chi connectivity index (χ1n) is 9.94. The highest BCUT2D eigenvalue weighted by atomic mass is 32.2. The summed E-state index contributed by atoms with van der Waals surface area (Å²) < 4.78 is 32.5. The molecule has 1 heterocycles. The smallest absolute Gasteiger partial charge is 0.255 e. The summed E-state index contributed by atoms with van der Waals surface area (Å²) >= 11 is 0. The Bertz CT molecular complexity index is 965. The van der Waals surface area contributed by atoms with Crippen LogP contribution in [0.1, 0.15) is 54.2 Å². The minimum atomic E-state index is -3.61. The van der Waals surface area contributed by atoms with Crippen LogP contribution in [0.4, 0.5) is 0 Å². The first-order valence-corrected chi connectivity index (χ1v) is 11.4. The molecule has 0 saturated carbocycles. The zero-order valence-corrected chi connectivity index (χ0v) is 18.0. The molecule has 1 N–H and O–H groups in total. The standard InChI is InChI=1S/C22H28N2O4S/c1-4-17-7-9-18(10-8-17)16(2)23-22(25)20-15-19(11-12-21(20)28-3)29(26,27)24-13-5-6-14-24/h7-12,15-16H,4-6,13-14H2,1-3H3,(H,23,25)/t16-/m0/s1. The minimum absolute atomic E-state index is 0.116. The number of aryl methyl sites for hydroxylation is 1. The molecule has 0 bridgehead atoms. The molecule has 0 aliphatic carbocycles. The number of nitrogens with one attached hydrogen (secondary N) is 1. The number of ether oxygens (including phenoxy) is 1. The van der Waals surface area contributed by atoms with E-state index in [0.717, 1.165) is 24.8 Å². The van der Waals surface area contributed by atoms with Gasteiger partial charge in [0.25, 0.3) is 5.91 Å². The maximum atomic E-state index is 12.9. The zero-order chi connectivity index (χ0) is 21.0. The molecular formula is C22H28N2O4S. The van der Waals surface area contributed by atoms with Crippen LogP contribution in [0.3, 0.4) is 0 Å². The van der Waals surface area contributed by atoms with Crippen molar-refractivity contribution in [2.24, 2.45) is 0 Å². The molecule has 0 unspecified atom stereocenters. The number of amides is 1. The van der Waals surface area contributed by atoms with E-state index < -0.39 is 10.0 Å². The van der Waals surface area contributed by atoms with Gasteiger partial charge in [-0.15, -0.1) is 0 Å². The third kappa shape index (κ3) is 4.62. The summed E-state index contributed by atoms with van der Waals surface area (Å²) in [4.78, 5) is 13.0. The van der Waals surface area contributed by atoms with Gasteiger partial charge in [-0.05, 0) is 55.5 Å². The third-order valence-electron chi connectivity index (χ3n) is 5.35. The Kier molecular flexibility index (Phi) is 6.59. The van der Waals surface area contributed by atoms with Crippen molar-refractivity contribution in [1.29, 1.82) is 0 Å². The van der Waals surface area contributed by atoms with Crippen LogP contribution in [-0.4, -0.2) is 38.8 Å². The predicted molar refractivity (Wildman–Crippen MR) is 113 cm³/mol. The molecular weight excluding hydrogens is 388 g/mol. The second kappa shape index (κ2) is 8.97. The number of methoxy groups -OCH3 is 1. The van der Waals surface area contributed by atoms with Crippen LogP contribution >= 0.6 is 0 Å². The van der Waals surface area contributed by atoms with E-state index in [0.29, 0.717) is 18.8 Å².